The lowest BCUT2D eigenvalue weighted by atomic mass is 9.94. The molecule has 23 heavy (non-hydrogen) atoms. The molecule has 2 aromatic heterocycles. The Labute approximate surface area is 140 Å². The molecule has 0 fully saturated rings. The average Bonchev–Trinajstić information content (AvgIpc) is 3.12. The van der Waals surface area contributed by atoms with Crippen LogP contribution in [0.4, 0.5) is 0 Å². The maximum atomic E-state index is 12.3. The second kappa shape index (κ2) is 8.21. The molecule has 0 aliphatic rings. The smallest absolute Gasteiger partial charge is 0.263 e. The van der Waals surface area contributed by atoms with Crippen molar-refractivity contribution in [2.75, 3.05) is 13.2 Å². The van der Waals surface area contributed by atoms with Gasteiger partial charge in [-0.25, -0.2) is 4.98 Å². The lowest BCUT2D eigenvalue weighted by Gasteiger charge is -2.18. The van der Waals surface area contributed by atoms with E-state index in [1.807, 2.05) is 13.2 Å². The van der Waals surface area contributed by atoms with Gasteiger partial charge in [0.1, 0.15) is 9.88 Å². The molecule has 0 aromatic carbocycles. The normalized spacial score (nSPS) is 12.6. The van der Waals surface area contributed by atoms with E-state index in [1.165, 1.54) is 11.3 Å². The highest BCUT2D eigenvalue weighted by molar-refractivity contribution is 7.16. The molecule has 0 spiro atoms. The summed E-state index contributed by atoms with van der Waals surface area (Å²) in [5.41, 5.74) is 0.912. The quantitative estimate of drug-likeness (QED) is 0.775. The van der Waals surface area contributed by atoms with Crippen LogP contribution in [0.2, 0.25) is 0 Å². The van der Waals surface area contributed by atoms with Crippen LogP contribution < -0.4 is 5.32 Å². The molecule has 6 nitrogen and oxygen atoms in total. The SMILES string of the molecule is CC(C)CC(CCO)CNC(=O)c1cnc(-c2cnn(C)c2)s1. The van der Waals surface area contributed by atoms with E-state index in [9.17, 15) is 4.79 Å². The van der Waals surface area contributed by atoms with Crippen molar-refractivity contribution in [1.82, 2.24) is 20.1 Å². The Kier molecular flexibility index (Phi) is 6.29. The number of carbonyl (C=O) groups excluding carboxylic acids is 1. The fourth-order valence-corrected chi connectivity index (χ4v) is 3.33. The topological polar surface area (TPSA) is 80.0 Å². The van der Waals surface area contributed by atoms with Gasteiger partial charge >= 0.3 is 0 Å². The molecular formula is C16H24N4O2S. The van der Waals surface area contributed by atoms with Crippen molar-refractivity contribution in [3.63, 3.8) is 0 Å². The van der Waals surface area contributed by atoms with Crippen molar-refractivity contribution in [2.45, 2.75) is 26.7 Å². The van der Waals surface area contributed by atoms with Crippen LogP contribution in [0.25, 0.3) is 10.6 Å². The summed E-state index contributed by atoms with van der Waals surface area (Å²) in [4.78, 5) is 17.2. The monoisotopic (exact) mass is 336 g/mol. The number of amides is 1. The number of aryl methyl sites for hydroxylation is 1. The highest BCUT2D eigenvalue weighted by Crippen LogP contribution is 2.24. The van der Waals surface area contributed by atoms with Gasteiger partial charge in [0.05, 0.1) is 12.4 Å². The Morgan fingerprint density at radius 3 is 2.83 bits per heavy atom. The third-order valence-electron chi connectivity index (χ3n) is 3.57. The van der Waals surface area contributed by atoms with E-state index in [4.69, 9.17) is 5.11 Å². The van der Waals surface area contributed by atoms with Gasteiger partial charge in [-0.1, -0.05) is 13.8 Å². The van der Waals surface area contributed by atoms with Gasteiger partial charge in [0.25, 0.3) is 5.91 Å². The number of hydrogen-bond donors (Lipinski definition) is 2. The van der Waals surface area contributed by atoms with Crippen molar-refractivity contribution in [1.29, 1.82) is 0 Å². The fourth-order valence-electron chi connectivity index (χ4n) is 2.52. The van der Waals surface area contributed by atoms with Crippen LogP contribution in [0.1, 0.15) is 36.4 Å². The number of hydrogen-bond acceptors (Lipinski definition) is 5. The highest BCUT2D eigenvalue weighted by atomic mass is 32.1. The number of thiazole rings is 1. The minimum atomic E-state index is -0.107. The van der Waals surface area contributed by atoms with E-state index in [0.29, 0.717) is 29.7 Å². The third kappa shape index (κ3) is 5.14. The van der Waals surface area contributed by atoms with Crippen molar-refractivity contribution in [2.24, 2.45) is 18.9 Å². The molecule has 2 aromatic rings. The Bertz CT molecular complexity index is 636. The molecule has 7 heteroatoms. The molecular weight excluding hydrogens is 312 g/mol. The van der Waals surface area contributed by atoms with Gasteiger partial charge in [-0.05, 0) is 24.7 Å². The van der Waals surface area contributed by atoms with Crippen LogP contribution in [0.3, 0.4) is 0 Å². The second-order valence-corrected chi connectivity index (χ2v) is 7.18. The first-order valence-electron chi connectivity index (χ1n) is 7.83. The molecule has 0 aliphatic heterocycles. The van der Waals surface area contributed by atoms with Crippen LogP contribution in [0, 0.1) is 11.8 Å². The molecule has 2 heterocycles. The Balaban J connectivity index is 1.94. The van der Waals surface area contributed by atoms with Gasteiger partial charge in [0.2, 0.25) is 0 Å². The Morgan fingerprint density at radius 2 is 2.22 bits per heavy atom. The first-order chi connectivity index (χ1) is 11.0. The number of aromatic nitrogens is 3. The zero-order chi connectivity index (χ0) is 16.8. The number of nitrogens with one attached hydrogen (secondary N) is 1. The zero-order valence-corrected chi connectivity index (χ0v) is 14.6. The third-order valence-corrected chi connectivity index (χ3v) is 4.62. The van der Waals surface area contributed by atoms with Gasteiger partial charge in [-0.15, -0.1) is 11.3 Å². The Hall–Kier alpha value is -1.73. The molecule has 0 aliphatic carbocycles. The van der Waals surface area contributed by atoms with Gasteiger partial charge in [0, 0.05) is 32.0 Å². The van der Waals surface area contributed by atoms with E-state index >= 15 is 0 Å². The first kappa shape index (κ1) is 17.6. The number of nitrogens with zero attached hydrogens (tertiary/aromatic N) is 3. The lowest BCUT2D eigenvalue weighted by molar-refractivity contribution is 0.0945. The van der Waals surface area contributed by atoms with E-state index in [-0.39, 0.29) is 12.5 Å². The summed E-state index contributed by atoms with van der Waals surface area (Å²) < 4.78 is 1.71. The summed E-state index contributed by atoms with van der Waals surface area (Å²) in [6, 6.07) is 0. The van der Waals surface area contributed by atoms with Crippen LogP contribution >= 0.6 is 11.3 Å². The summed E-state index contributed by atoms with van der Waals surface area (Å²) in [6.07, 6.45) is 6.92. The largest absolute Gasteiger partial charge is 0.396 e. The minimum absolute atomic E-state index is 0.107. The molecule has 1 amide bonds. The van der Waals surface area contributed by atoms with E-state index in [0.717, 1.165) is 17.0 Å². The Morgan fingerprint density at radius 1 is 1.43 bits per heavy atom. The number of rotatable bonds is 8. The van der Waals surface area contributed by atoms with Crippen molar-refractivity contribution < 1.29 is 9.90 Å². The van der Waals surface area contributed by atoms with E-state index < -0.39 is 0 Å². The number of aliphatic hydroxyl groups is 1. The molecule has 0 radical (unpaired) electrons. The second-order valence-electron chi connectivity index (χ2n) is 6.15. The van der Waals surface area contributed by atoms with Crippen LogP contribution in [-0.2, 0) is 7.05 Å². The van der Waals surface area contributed by atoms with Crippen molar-refractivity contribution in [3.05, 3.63) is 23.5 Å². The molecule has 1 atom stereocenters. The summed E-state index contributed by atoms with van der Waals surface area (Å²) in [5.74, 6) is 0.739. The molecule has 0 bridgehead atoms. The molecule has 2 rings (SSSR count). The van der Waals surface area contributed by atoms with Gasteiger partial charge in [-0.2, -0.15) is 5.10 Å². The van der Waals surface area contributed by atoms with E-state index in [2.05, 4.69) is 29.2 Å². The standard InChI is InChI=1S/C16H24N4O2S/c1-11(2)6-12(4-5-21)7-17-15(22)14-9-18-16(23-14)13-8-19-20(3)10-13/h8-12,21H,4-7H2,1-3H3,(H,17,22). The van der Waals surface area contributed by atoms with Crippen molar-refractivity contribution >= 4 is 17.2 Å². The molecule has 0 saturated carbocycles. The molecule has 126 valence electrons. The van der Waals surface area contributed by atoms with Crippen LogP contribution in [0.5, 0.6) is 0 Å². The van der Waals surface area contributed by atoms with Gasteiger partial charge in [-0.3, -0.25) is 9.48 Å². The zero-order valence-electron chi connectivity index (χ0n) is 13.8. The van der Waals surface area contributed by atoms with Crippen LogP contribution in [-0.4, -0.2) is 38.9 Å². The predicted molar refractivity (Wildman–Crippen MR) is 91.3 cm³/mol. The summed E-state index contributed by atoms with van der Waals surface area (Å²) in [5, 5.41) is 17.0. The van der Waals surface area contributed by atoms with Crippen molar-refractivity contribution in [3.8, 4) is 10.6 Å². The summed E-state index contributed by atoms with van der Waals surface area (Å²) in [7, 11) is 1.85. The maximum absolute atomic E-state index is 12.3. The first-order valence-corrected chi connectivity index (χ1v) is 8.65. The average molecular weight is 336 g/mol. The van der Waals surface area contributed by atoms with Gasteiger partial charge < -0.3 is 10.4 Å². The van der Waals surface area contributed by atoms with Crippen LogP contribution in [0.15, 0.2) is 18.6 Å². The molecule has 1 unspecified atom stereocenters. The van der Waals surface area contributed by atoms with E-state index in [1.54, 1.807) is 17.1 Å². The number of aliphatic hydroxyl groups excluding tert-OH is 1. The summed E-state index contributed by atoms with van der Waals surface area (Å²) >= 11 is 1.36. The van der Waals surface area contributed by atoms with Gasteiger partial charge in [0.15, 0.2) is 0 Å². The molecule has 2 N–H and O–H groups in total. The number of carbonyl (C=O) groups is 1. The predicted octanol–water partition coefficient (Wildman–Crippen LogP) is 2.32. The summed E-state index contributed by atoms with van der Waals surface area (Å²) in [6.45, 7) is 5.03. The fraction of sp³-hybridized carbons (Fsp3) is 0.562. The highest BCUT2D eigenvalue weighted by Gasteiger charge is 2.15. The minimum Gasteiger partial charge on any atom is -0.396 e. The lowest BCUT2D eigenvalue weighted by Crippen LogP contribution is -2.29. The maximum Gasteiger partial charge on any atom is 0.263 e. The molecule has 0 saturated heterocycles.